The van der Waals surface area contributed by atoms with Gasteiger partial charge in [0.25, 0.3) is 0 Å². The Kier molecular flexibility index (Phi) is 6.78. The smallest absolute Gasteiger partial charge is 0.320 e. The normalized spacial score (nSPS) is 11.8. The van der Waals surface area contributed by atoms with Crippen LogP contribution in [0.1, 0.15) is 31.9 Å². The molecule has 2 aromatic carbocycles. The molecule has 1 heterocycles. The van der Waals surface area contributed by atoms with Gasteiger partial charge in [-0.3, -0.25) is 9.69 Å². The summed E-state index contributed by atoms with van der Waals surface area (Å²) >= 11 is 12.5. The Hall–Kier alpha value is -2.14. The Labute approximate surface area is 181 Å². The van der Waals surface area contributed by atoms with Gasteiger partial charge < -0.3 is 4.74 Å². The van der Waals surface area contributed by atoms with Crippen molar-refractivity contribution < 1.29 is 9.53 Å². The second kappa shape index (κ2) is 9.12. The van der Waals surface area contributed by atoms with E-state index in [4.69, 9.17) is 27.9 Å². The van der Waals surface area contributed by atoms with Gasteiger partial charge in [0.05, 0.1) is 11.6 Å². The van der Waals surface area contributed by atoms with Gasteiger partial charge in [0.15, 0.2) is 0 Å². The number of halogens is 2. The van der Waals surface area contributed by atoms with Gasteiger partial charge in [0.1, 0.15) is 10.8 Å². The Morgan fingerprint density at radius 1 is 1.00 bits per heavy atom. The second-order valence-corrected chi connectivity index (χ2v) is 8.76. The first kappa shape index (κ1) is 21.6. The Morgan fingerprint density at radius 3 is 2.38 bits per heavy atom. The van der Waals surface area contributed by atoms with Gasteiger partial charge in [-0.05, 0) is 38.0 Å². The van der Waals surface area contributed by atoms with Crippen molar-refractivity contribution in [1.29, 1.82) is 0 Å². The van der Waals surface area contributed by atoms with Crippen LogP contribution in [0.2, 0.25) is 10.2 Å². The maximum atomic E-state index is 12.4. The van der Waals surface area contributed by atoms with Crippen molar-refractivity contribution in [1.82, 2.24) is 9.88 Å². The molecule has 4 nitrogen and oxygen atoms in total. The highest BCUT2D eigenvalue weighted by Crippen LogP contribution is 2.29. The molecule has 6 heteroatoms. The summed E-state index contributed by atoms with van der Waals surface area (Å²) in [5.41, 5.74) is 1.62. The predicted molar refractivity (Wildman–Crippen MR) is 118 cm³/mol. The molecule has 0 bridgehead atoms. The highest BCUT2D eigenvalue weighted by molar-refractivity contribution is 6.39. The van der Waals surface area contributed by atoms with Crippen molar-refractivity contribution >= 4 is 39.9 Å². The van der Waals surface area contributed by atoms with Crippen LogP contribution in [0, 0.1) is 0 Å². The standard InChI is InChI=1S/C23H24Cl2N2O2/c1-23(2,3)29-21(28)15-27(13-16-7-5-4-6-8-16)14-17-9-10-18-19(11-17)22(25)26-12-20(18)24/h4-12H,13-15H2,1-3H3. The lowest BCUT2D eigenvalue weighted by atomic mass is 10.1. The summed E-state index contributed by atoms with van der Waals surface area (Å²) in [7, 11) is 0. The summed E-state index contributed by atoms with van der Waals surface area (Å²) in [4.78, 5) is 18.6. The third-order valence-corrected chi connectivity index (χ3v) is 4.89. The largest absolute Gasteiger partial charge is 0.459 e. The zero-order chi connectivity index (χ0) is 21.0. The molecule has 0 unspecified atom stereocenters. The number of benzene rings is 2. The van der Waals surface area contributed by atoms with Crippen LogP contribution in [-0.4, -0.2) is 28.0 Å². The Balaban J connectivity index is 1.84. The summed E-state index contributed by atoms with van der Waals surface area (Å²) in [6.45, 7) is 6.98. The molecule has 0 aliphatic heterocycles. The molecule has 29 heavy (non-hydrogen) atoms. The number of carbonyl (C=O) groups excluding carboxylic acids is 1. The first-order chi connectivity index (χ1) is 13.7. The number of hydrogen-bond acceptors (Lipinski definition) is 4. The van der Waals surface area contributed by atoms with E-state index in [9.17, 15) is 4.79 Å². The molecule has 0 N–H and O–H groups in total. The first-order valence-corrected chi connectivity index (χ1v) is 10.2. The van der Waals surface area contributed by atoms with Crippen molar-refractivity contribution in [2.45, 2.75) is 39.5 Å². The van der Waals surface area contributed by atoms with Crippen LogP contribution >= 0.6 is 23.2 Å². The molecule has 0 aliphatic rings. The zero-order valence-electron chi connectivity index (χ0n) is 16.8. The van der Waals surface area contributed by atoms with E-state index >= 15 is 0 Å². The minimum atomic E-state index is -0.519. The Morgan fingerprint density at radius 2 is 1.69 bits per heavy atom. The fraction of sp³-hybridized carbons (Fsp3) is 0.304. The highest BCUT2D eigenvalue weighted by Gasteiger charge is 2.20. The molecule has 0 fully saturated rings. The van der Waals surface area contributed by atoms with E-state index in [1.54, 1.807) is 6.20 Å². The van der Waals surface area contributed by atoms with Crippen LogP contribution in [0.5, 0.6) is 0 Å². The number of nitrogens with zero attached hydrogens (tertiary/aromatic N) is 2. The molecular weight excluding hydrogens is 407 g/mol. The lowest BCUT2D eigenvalue weighted by molar-refractivity contribution is -0.156. The molecule has 0 atom stereocenters. The van der Waals surface area contributed by atoms with Gasteiger partial charge in [0, 0.05) is 30.1 Å². The Bertz CT molecular complexity index is 1000. The van der Waals surface area contributed by atoms with Crippen LogP contribution < -0.4 is 0 Å². The quantitative estimate of drug-likeness (QED) is 0.361. The molecule has 0 saturated carbocycles. The lowest BCUT2D eigenvalue weighted by Crippen LogP contribution is -2.34. The summed E-state index contributed by atoms with van der Waals surface area (Å²) in [5.74, 6) is -0.253. The van der Waals surface area contributed by atoms with Gasteiger partial charge in [-0.2, -0.15) is 0 Å². The van der Waals surface area contributed by atoms with E-state index in [1.807, 2.05) is 69.3 Å². The molecule has 0 radical (unpaired) electrons. The minimum absolute atomic E-state index is 0.186. The maximum absolute atomic E-state index is 12.4. The van der Waals surface area contributed by atoms with Crippen LogP contribution in [0.3, 0.4) is 0 Å². The van der Waals surface area contributed by atoms with Crippen LogP contribution in [0.25, 0.3) is 10.8 Å². The maximum Gasteiger partial charge on any atom is 0.320 e. The summed E-state index contributed by atoms with van der Waals surface area (Å²) < 4.78 is 5.52. The first-order valence-electron chi connectivity index (χ1n) is 9.42. The number of rotatable bonds is 6. The van der Waals surface area contributed by atoms with Crippen molar-refractivity contribution in [3.05, 3.63) is 76.0 Å². The average molecular weight is 431 g/mol. The number of aromatic nitrogens is 1. The van der Waals surface area contributed by atoms with Crippen LogP contribution in [0.15, 0.2) is 54.7 Å². The molecule has 0 spiro atoms. The molecule has 0 aliphatic carbocycles. The fourth-order valence-electron chi connectivity index (χ4n) is 3.15. The van der Waals surface area contributed by atoms with Crippen molar-refractivity contribution in [2.75, 3.05) is 6.54 Å². The van der Waals surface area contributed by atoms with E-state index in [2.05, 4.69) is 9.88 Å². The lowest BCUT2D eigenvalue weighted by Gasteiger charge is -2.25. The van der Waals surface area contributed by atoms with Gasteiger partial charge in [-0.15, -0.1) is 0 Å². The van der Waals surface area contributed by atoms with E-state index < -0.39 is 5.60 Å². The fourth-order valence-corrected chi connectivity index (χ4v) is 3.56. The summed E-state index contributed by atoms with van der Waals surface area (Å²) in [5, 5.41) is 2.63. The van der Waals surface area contributed by atoms with Gasteiger partial charge in [-0.25, -0.2) is 4.98 Å². The zero-order valence-corrected chi connectivity index (χ0v) is 18.3. The molecule has 0 saturated heterocycles. The molecule has 152 valence electrons. The number of carbonyl (C=O) groups is 1. The molecule has 0 amide bonds. The monoisotopic (exact) mass is 430 g/mol. The third kappa shape index (κ3) is 6.17. The summed E-state index contributed by atoms with van der Waals surface area (Å²) in [6, 6.07) is 16.0. The number of esters is 1. The SMILES string of the molecule is CC(C)(C)OC(=O)CN(Cc1ccccc1)Cc1ccc2c(Cl)cnc(Cl)c2c1. The van der Waals surface area contributed by atoms with Crippen molar-refractivity contribution in [3.63, 3.8) is 0 Å². The number of pyridine rings is 1. The number of hydrogen-bond donors (Lipinski definition) is 0. The summed E-state index contributed by atoms with van der Waals surface area (Å²) in [6.07, 6.45) is 1.55. The minimum Gasteiger partial charge on any atom is -0.459 e. The van der Waals surface area contributed by atoms with Gasteiger partial charge in [0.2, 0.25) is 0 Å². The van der Waals surface area contributed by atoms with E-state index in [-0.39, 0.29) is 12.5 Å². The van der Waals surface area contributed by atoms with Gasteiger partial charge >= 0.3 is 5.97 Å². The highest BCUT2D eigenvalue weighted by atomic mass is 35.5. The molecule has 3 rings (SSSR count). The van der Waals surface area contributed by atoms with E-state index in [0.29, 0.717) is 23.3 Å². The molecular formula is C23H24Cl2N2O2. The third-order valence-electron chi connectivity index (χ3n) is 4.28. The van der Waals surface area contributed by atoms with E-state index in [1.165, 1.54) is 0 Å². The molecule has 1 aromatic heterocycles. The van der Waals surface area contributed by atoms with Crippen LogP contribution in [0.4, 0.5) is 0 Å². The van der Waals surface area contributed by atoms with Crippen LogP contribution in [-0.2, 0) is 22.6 Å². The topological polar surface area (TPSA) is 42.4 Å². The van der Waals surface area contributed by atoms with Crippen molar-refractivity contribution in [3.8, 4) is 0 Å². The molecule has 3 aromatic rings. The van der Waals surface area contributed by atoms with Crippen molar-refractivity contribution in [2.24, 2.45) is 0 Å². The average Bonchev–Trinajstić information content (AvgIpc) is 2.64. The van der Waals surface area contributed by atoms with Gasteiger partial charge in [-0.1, -0.05) is 65.7 Å². The van der Waals surface area contributed by atoms with E-state index in [0.717, 1.165) is 21.9 Å². The number of fused-ring (bicyclic) bond motifs is 1. The number of ether oxygens (including phenoxy) is 1. The second-order valence-electron chi connectivity index (χ2n) is 7.99. The predicted octanol–water partition coefficient (Wildman–Crippen LogP) is 5.89.